The lowest BCUT2D eigenvalue weighted by atomic mass is 9.92. The van der Waals surface area contributed by atoms with Gasteiger partial charge in [0.05, 0.1) is 5.69 Å². The first-order valence-corrected chi connectivity index (χ1v) is 7.27. The molecule has 0 fully saturated rings. The van der Waals surface area contributed by atoms with Crippen molar-refractivity contribution in [3.63, 3.8) is 0 Å². The highest BCUT2D eigenvalue weighted by Crippen LogP contribution is 2.26. The van der Waals surface area contributed by atoms with E-state index in [2.05, 4.69) is 9.97 Å². The van der Waals surface area contributed by atoms with Crippen LogP contribution in [0.1, 0.15) is 17.0 Å². The van der Waals surface area contributed by atoms with E-state index in [1.54, 1.807) is 6.20 Å². The first kappa shape index (κ1) is 14.3. The zero-order chi connectivity index (χ0) is 15.3. The molecule has 3 aromatic rings. The van der Waals surface area contributed by atoms with Crippen molar-refractivity contribution in [3.05, 3.63) is 96.1 Å². The largest absolute Gasteiger partial charge is 0.379 e. The van der Waals surface area contributed by atoms with Crippen LogP contribution in [0.15, 0.2) is 79.1 Å². The summed E-state index contributed by atoms with van der Waals surface area (Å²) < 4.78 is 0. The lowest BCUT2D eigenvalue weighted by Gasteiger charge is -2.23. The van der Waals surface area contributed by atoms with Gasteiger partial charge in [-0.1, -0.05) is 42.5 Å². The van der Waals surface area contributed by atoms with Crippen LogP contribution in [-0.4, -0.2) is 15.1 Å². The highest BCUT2D eigenvalue weighted by molar-refractivity contribution is 5.51. The molecule has 0 radical (unpaired) electrons. The number of pyridine rings is 1. The highest BCUT2D eigenvalue weighted by Gasteiger charge is 2.28. The van der Waals surface area contributed by atoms with Crippen LogP contribution < -0.4 is 0 Å². The Labute approximate surface area is 130 Å². The third-order valence-corrected chi connectivity index (χ3v) is 3.58. The molecule has 0 spiro atoms. The molecule has 2 heterocycles. The predicted octanol–water partition coefficient (Wildman–Crippen LogP) is 3.55. The van der Waals surface area contributed by atoms with Crippen LogP contribution in [0, 0.1) is 0 Å². The third-order valence-electron chi connectivity index (χ3n) is 3.58. The summed E-state index contributed by atoms with van der Waals surface area (Å²) in [6, 6.07) is 19.4. The zero-order valence-electron chi connectivity index (χ0n) is 12.2. The zero-order valence-corrected chi connectivity index (χ0v) is 12.2. The van der Waals surface area contributed by atoms with Crippen LogP contribution in [0.5, 0.6) is 0 Å². The van der Waals surface area contributed by atoms with Gasteiger partial charge in [-0.3, -0.25) is 4.98 Å². The number of nitrogens with one attached hydrogen (secondary N) is 1. The van der Waals surface area contributed by atoms with E-state index in [-0.39, 0.29) is 0 Å². The van der Waals surface area contributed by atoms with Crippen molar-refractivity contribution in [3.8, 4) is 0 Å². The molecule has 3 heteroatoms. The number of aromatic nitrogens is 2. The Balaban J connectivity index is 1.94. The van der Waals surface area contributed by atoms with Gasteiger partial charge in [0, 0.05) is 24.5 Å². The van der Waals surface area contributed by atoms with Crippen LogP contribution in [0.4, 0.5) is 0 Å². The van der Waals surface area contributed by atoms with E-state index in [0.29, 0.717) is 12.1 Å². The Hall–Kier alpha value is -2.65. The van der Waals surface area contributed by atoms with Crippen LogP contribution in [0.3, 0.4) is 0 Å². The average molecular weight is 290 g/mol. The van der Waals surface area contributed by atoms with Gasteiger partial charge in [-0.2, -0.15) is 0 Å². The van der Waals surface area contributed by atoms with Crippen LogP contribution in [0.2, 0.25) is 0 Å². The van der Waals surface area contributed by atoms with Gasteiger partial charge in [0.15, 0.2) is 0 Å². The number of benzene rings is 1. The lowest BCUT2D eigenvalue weighted by Crippen LogP contribution is -2.27. The summed E-state index contributed by atoms with van der Waals surface area (Å²) in [7, 11) is 0. The number of hydrogen-bond donors (Lipinski definition) is 2. The van der Waals surface area contributed by atoms with Crippen LogP contribution >= 0.6 is 0 Å². The molecule has 1 atom stereocenters. The smallest absolute Gasteiger partial charge is 0.130 e. The van der Waals surface area contributed by atoms with E-state index in [1.165, 1.54) is 0 Å². The number of rotatable bonds is 5. The molecule has 0 amide bonds. The van der Waals surface area contributed by atoms with Gasteiger partial charge >= 0.3 is 0 Å². The minimum atomic E-state index is -1.15. The first-order chi connectivity index (χ1) is 10.8. The average Bonchev–Trinajstić information content (AvgIpc) is 3.08. The Morgan fingerprint density at radius 1 is 1.00 bits per heavy atom. The number of aromatic amines is 1. The quantitative estimate of drug-likeness (QED) is 0.755. The second-order valence-electron chi connectivity index (χ2n) is 5.26. The molecule has 22 heavy (non-hydrogen) atoms. The number of hydrogen-bond acceptors (Lipinski definition) is 2. The van der Waals surface area contributed by atoms with E-state index >= 15 is 0 Å². The highest BCUT2D eigenvalue weighted by atomic mass is 16.3. The SMILES string of the molecule is OC(C=Cc1ccccc1)(Cc1ccc[nH]1)c1ccccn1. The Bertz CT molecular complexity index is 721. The Morgan fingerprint density at radius 3 is 2.50 bits per heavy atom. The third kappa shape index (κ3) is 3.32. The maximum Gasteiger partial charge on any atom is 0.130 e. The van der Waals surface area contributed by atoms with Crippen molar-refractivity contribution in [1.29, 1.82) is 0 Å². The summed E-state index contributed by atoms with van der Waals surface area (Å²) >= 11 is 0. The lowest BCUT2D eigenvalue weighted by molar-refractivity contribution is 0.0851. The van der Waals surface area contributed by atoms with E-state index in [9.17, 15) is 5.11 Å². The van der Waals surface area contributed by atoms with Gasteiger partial charge < -0.3 is 10.1 Å². The minimum absolute atomic E-state index is 0.445. The molecule has 0 aliphatic rings. The molecule has 0 saturated heterocycles. The molecular formula is C19H18N2O. The summed E-state index contributed by atoms with van der Waals surface area (Å²) in [6.45, 7) is 0. The second-order valence-corrected chi connectivity index (χ2v) is 5.26. The van der Waals surface area contributed by atoms with E-state index in [1.807, 2.05) is 79.0 Å². The van der Waals surface area contributed by atoms with Crippen molar-refractivity contribution in [2.75, 3.05) is 0 Å². The maximum atomic E-state index is 11.1. The molecule has 110 valence electrons. The van der Waals surface area contributed by atoms with Crippen molar-refractivity contribution >= 4 is 6.08 Å². The number of aliphatic hydroxyl groups is 1. The molecule has 3 rings (SSSR count). The molecule has 0 aliphatic carbocycles. The Kier molecular flexibility index (Phi) is 4.17. The molecule has 1 unspecified atom stereocenters. The van der Waals surface area contributed by atoms with Crippen molar-refractivity contribution < 1.29 is 5.11 Å². The van der Waals surface area contributed by atoms with Crippen LogP contribution in [-0.2, 0) is 12.0 Å². The molecule has 1 aromatic carbocycles. The molecule has 0 aliphatic heterocycles. The van der Waals surface area contributed by atoms with Crippen molar-refractivity contribution in [2.45, 2.75) is 12.0 Å². The first-order valence-electron chi connectivity index (χ1n) is 7.27. The summed E-state index contributed by atoms with van der Waals surface area (Å²) in [5.74, 6) is 0. The van der Waals surface area contributed by atoms with Gasteiger partial charge in [0.1, 0.15) is 5.60 Å². The monoisotopic (exact) mass is 290 g/mol. The predicted molar refractivity (Wildman–Crippen MR) is 88.1 cm³/mol. The van der Waals surface area contributed by atoms with Crippen LogP contribution in [0.25, 0.3) is 6.08 Å². The van der Waals surface area contributed by atoms with E-state index < -0.39 is 5.60 Å². The molecular weight excluding hydrogens is 272 g/mol. The van der Waals surface area contributed by atoms with E-state index in [0.717, 1.165) is 11.3 Å². The van der Waals surface area contributed by atoms with E-state index in [4.69, 9.17) is 0 Å². The summed E-state index contributed by atoms with van der Waals surface area (Å²) in [5.41, 5.74) is 1.49. The standard InChI is InChI=1S/C19H18N2O/c22-19(15-17-9-6-14-20-17,18-10-4-5-13-21-18)12-11-16-7-2-1-3-8-16/h1-14,20,22H,15H2. The van der Waals surface area contributed by atoms with Gasteiger partial charge in [-0.15, -0.1) is 0 Å². The van der Waals surface area contributed by atoms with Gasteiger partial charge in [-0.05, 0) is 35.9 Å². The normalized spacial score (nSPS) is 14.0. The fraction of sp³-hybridized carbons (Fsp3) is 0.105. The fourth-order valence-corrected chi connectivity index (χ4v) is 2.42. The fourth-order valence-electron chi connectivity index (χ4n) is 2.42. The molecule has 2 N–H and O–H groups in total. The topological polar surface area (TPSA) is 48.9 Å². The minimum Gasteiger partial charge on any atom is -0.379 e. The van der Waals surface area contributed by atoms with Gasteiger partial charge in [0.25, 0.3) is 0 Å². The van der Waals surface area contributed by atoms with Gasteiger partial charge in [-0.25, -0.2) is 0 Å². The second kappa shape index (κ2) is 6.41. The Morgan fingerprint density at radius 2 is 1.82 bits per heavy atom. The summed E-state index contributed by atoms with van der Waals surface area (Å²) in [4.78, 5) is 7.47. The molecule has 3 nitrogen and oxygen atoms in total. The van der Waals surface area contributed by atoms with Gasteiger partial charge in [0.2, 0.25) is 0 Å². The summed E-state index contributed by atoms with van der Waals surface area (Å²) in [5, 5.41) is 11.1. The number of H-pyrrole nitrogens is 1. The van der Waals surface area contributed by atoms with Crippen molar-refractivity contribution in [1.82, 2.24) is 9.97 Å². The number of nitrogens with zero attached hydrogens (tertiary/aromatic N) is 1. The van der Waals surface area contributed by atoms with Crippen molar-refractivity contribution in [2.24, 2.45) is 0 Å². The molecule has 0 saturated carbocycles. The maximum absolute atomic E-state index is 11.1. The molecule has 2 aromatic heterocycles. The molecule has 0 bridgehead atoms. The summed E-state index contributed by atoms with van der Waals surface area (Å²) in [6.07, 6.45) is 7.74.